The van der Waals surface area contributed by atoms with E-state index in [4.69, 9.17) is 0 Å². The number of rotatable bonds is 5. The second-order valence-corrected chi connectivity index (χ2v) is 7.61. The molecular formula is C19H23N3O2S. The van der Waals surface area contributed by atoms with Crippen LogP contribution >= 0.6 is 11.3 Å². The largest absolute Gasteiger partial charge is 0.298 e. The first-order valence-corrected chi connectivity index (χ1v) is 9.48. The van der Waals surface area contributed by atoms with E-state index >= 15 is 0 Å². The number of benzene rings is 1. The van der Waals surface area contributed by atoms with Crippen LogP contribution in [0.5, 0.6) is 0 Å². The van der Waals surface area contributed by atoms with Crippen LogP contribution in [0.3, 0.4) is 0 Å². The van der Waals surface area contributed by atoms with Crippen molar-refractivity contribution < 1.29 is 9.59 Å². The summed E-state index contributed by atoms with van der Waals surface area (Å²) < 4.78 is 0. The molecule has 2 heterocycles. The predicted octanol–water partition coefficient (Wildman–Crippen LogP) is 3.50. The lowest BCUT2D eigenvalue weighted by atomic mass is 9.99. The molecule has 0 bridgehead atoms. The summed E-state index contributed by atoms with van der Waals surface area (Å²) in [6.07, 6.45) is 2.44. The van der Waals surface area contributed by atoms with Crippen LogP contribution in [0.2, 0.25) is 0 Å². The van der Waals surface area contributed by atoms with Crippen molar-refractivity contribution in [3.05, 3.63) is 46.5 Å². The SMILES string of the molecule is Cc1ccc(C(=O)C(=O)Nc2nc(CN3CCC(C)CC3)cs2)cc1. The van der Waals surface area contributed by atoms with E-state index in [0.29, 0.717) is 10.7 Å². The van der Waals surface area contributed by atoms with Crippen molar-refractivity contribution in [1.29, 1.82) is 0 Å². The van der Waals surface area contributed by atoms with Crippen molar-refractivity contribution in [3.63, 3.8) is 0 Å². The van der Waals surface area contributed by atoms with E-state index in [1.165, 1.54) is 24.2 Å². The quantitative estimate of drug-likeness (QED) is 0.657. The second-order valence-electron chi connectivity index (χ2n) is 6.75. The molecule has 1 aliphatic heterocycles. The van der Waals surface area contributed by atoms with E-state index in [1.54, 1.807) is 12.1 Å². The molecule has 0 aliphatic carbocycles. The lowest BCUT2D eigenvalue weighted by Crippen LogP contribution is -2.32. The molecule has 1 aromatic carbocycles. The van der Waals surface area contributed by atoms with Crippen molar-refractivity contribution in [2.45, 2.75) is 33.2 Å². The maximum atomic E-state index is 12.2. The molecular weight excluding hydrogens is 334 g/mol. The van der Waals surface area contributed by atoms with Crippen LogP contribution in [0.1, 0.15) is 41.4 Å². The Hall–Kier alpha value is -2.05. The summed E-state index contributed by atoms with van der Waals surface area (Å²) in [5.74, 6) is -0.382. The number of Topliss-reactive ketones (excluding diaryl/α,β-unsaturated/α-hetero) is 1. The van der Waals surface area contributed by atoms with Crippen molar-refractivity contribution in [2.24, 2.45) is 5.92 Å². The minimum absolute atomic E-state index is 0.391. The third-order valence-corrected chi connectivity index (χ3v) is 5.36. The highest BCUT2D eigenvalue weighted by molar-refractivity contribution is 7.14. The van der Waals surface area contributed by atoms with Gasteiger partial charge in [-0.05, 0) is 38.8 Å². The monoisotopic (exact) mass is 357 g/mol. The van der Waals surface area contributed by atoms with E-state index in [0.717, 1.165) is 36.8 Å². The van der Waals surface area contributed by atoms with Gasteiger partial charge in [0.1, 0.15) is 0 Å². The Morgan fingerprint density at radius 3 is 2.60 bits per heavy atom. The zero-order valence-electron chi connectivity index (χ0n) is 14.6. The van der Waals surface area contributed by atoms with Gasteiger partial charge in [0.25, 0.3) is 11.7 Å². The Bertz CT molecular complexity index is 746. The van der Waals surface area contributed by atoms with E-state index < -0.39 is 11.7 Å². The number of hydrogen-bond acceptors (Lipinski definition) is 5. The van der Waals surface area contributed by atoms with Crippen LogP contribution < -0.4 is 5.32 Å². The average Bonchev–Trinajstić information content (AvgIpc) is 3.04. The molecule has 2 aromatic rings. The van der Waals surface area contributed by atoms with E-state index in [-0.39, 0.29) is 0 Å². The number of piperidine rings is 1. The van der Waals surface area contributed by atoms with Crippen molar-refractivity contribution >= 4 is 28.2 Å². The summed E-state index contributed by atoms with van der Waals surface area (Å²) >= 11 is 1.36. The normalized spacial score (nSPS) is 15.9. The molecule has 132 valence electrons. The number of nitrogens with zero attached hydrogens (tertiary/aromatic N) is 2. The molecule has 25 heavy (non-hydrogen) atoms. The molecule has 1 N–H and O–H groups in total. The second kappa shape index (κ2) is 7.89. The van der Waals surface area contributed by atoms with Crippen LogP contribution in [-0.2, 0) is 11.3 Å². The highest BCUT2D eigenvalue weighted by Gasteiger charge is 2.19. The lowest BCUT2D eigenvalue weighted by molar-refractivity contribution is -0.112. The number of nitrogens with one attached hydrogen (secondary N) is 1. The predicted molar refractivity (Wildman–Crippen MR) is 99.9 cm³/mol. The van der Waals surface area contributed by atoms with Crippen LogP contribution in [0.15, 0.2) is 29.6 Å². The van der Waals surface area contributed by atoms with Gasteiger partial charge in [-0.15, -0.1) is 11.3 Å². The van der Waals surface area contributed by atoms with Crippen LogP contribution in [0, 0.1) is 12.8 Å². The van der Waals surface area contributed by atoms with E-state index in [1.807, 2.05) is 24.4 Å². The number of likely N-dealkylation sites (tertiary alicyclic amines) is 1. The molecule has 0 atom stereocenters. The average molecular weight is 357 g/mol. The van der Waals surface area contributed by atoms with Crippen molar-refractivity contribution in [2.75, 3.05) is 18.4 Å². The van der Waals surface area contributed by atoms with Gasteiger partial charge in [0, 0.05) is 17.5 Å². The third-order valence-electron chi connectivity index (χ3n) is 4.55. The molecule has 6 heteroatoms. The molecule has 0 unspecified atom stereocenters. The molecule has 0 radical (unpaired) electrons. The van der Waals surface area contributed by atoms with Crippen LogP contribution in [0.4, 0.5) is 5.13 Å². The highest BCUT2D eigenvalue weighted by atomic mass is 32.1. The van der Waals surface area contributed by atoms with Gasteiger partial charge in [-0.1, -0.05) is 36.8 Å². The van der Waals surface area contributed by atoms with Gasteiger partial charge in [0.05, 0.1) is 5.69 Å². The fourth-order valence-electron chi connectivity index (χ4n) is 2.88. The molecule has 1 aliphatic rings. The highest BCUT2D eigenvalue weighted by Crippen LogP contribution is 2.21. The third kappa shape index (κ3) is 4.74. The fraction of sp³-hybridized carbons (Fsp3) is 0.421. The first-order chi connectivity index (χ1) is 12.0. The minimum Gasteiger partial charge on any atom is -0.297 e. The first-order valence-electron chi connectivity index (χ1n) is 8.60. The first kappa shape index (κ1) is 17.8. The Balaban J connectivity index is 1.56. The number of carbonyl (C=O) groups excluding carboxylic acids is 2. The van der Waals surface area contributed by atoms with Gasteiger partial charge >= 0.3 is 0 Å². The maximum Gasteiger partial charge on any atom is 0.298 e. The molecule has 5 nitrogen and oxygen atoms in total. The number of anilines is 1. The molecule has 1 aromatic heterocycles. The number of amides is 1. The van der Waals surface area contributed by atoms with E-state index in [2.05, 4.69) is 22.1 Å². The molecule has 1 fully saturated rings. The van der Waals surface area contributed by atoms with Gasteiger partial charge < -0.3 is 0 Å². The summed E-state index contributed by atoms with van der Waals surface area (Å²) in [6.45, 7) is 7.21. The Labute approximate surface area is 152 Å². The summed E-state index contributed by atoms with van der Waals surface area (Å²) in [6, 6.07) is 6.98. The molecule has 0 spiro atoms. The van der Waals surface area contributed by atoms with Gasteiger partial charge in [0.15, 0.2) is 5.13 Å². The number of hydrogen-bond donors (Lipinski definition) is 1. The smallest absolute Gasteiger partial charge is 0.297 e. The summed E-state index contributed by atoms with van der Waals surface area (Å²) in [4.78, 5) is 31.1. The Morgan fingerprint density at radius 1 is 1.24 bits per heavy atom. The Kier molecular flexibility index (Phi) is 5.60. The minimum atomic E-state index is -0.642. The molecule has 1 amide bonds. The summed E-state index contributed by atoms with van der Waals surface area (Å²) in [7, 11) is 0. The topological polar surface area (TPSA) is 62.3 Å². The van der Waals surface area contributed by atoms with Gasteiger partial charge in [0.2, 0.25) is 0 Å². The number of thiazole rings is 1. The number of aromatic nitrogens is 1. The maximum absolute atomic E-state index is 12.2. The summed E-state index contributed by atoms with van der Waals surface area (Å²) in [5, 5.41) is 5.05. The molecule has 3 rings (SSSR count). The molecule has 1 saturated heterocycles. The number of carbonyl (C=O) groups is 2. The summed E-state index contributed by atoms with van der Waals surface area (Å²) in [5.41, 5.74) is 2.38. The van der Waals surface area contributed by atoms with Crippen LogP contribution in [-0.4, -0.2) is 34.7 Å². The van der Waals surface area contributed by atoms with Crippen molar-refractivity contribution in [3.8, 4) is 0 Å². The van der Waals surface area contributed by atoms with Crippen LogP contribution in [0.25, 0.3) is 0 Å². The number of ketones is 1. The zero-order valence-corrected chi connectivity index (χ0v) is 15.4. The number of aryl methyl sites for hydroxylation is 1. The molecule has 0 saturated carbocycles. The van der Waals surface area contributed by atoms with Gasteiger partial charge in [-0.2, -0.15) is 0 Å². The standard InChI is InChI=1S/C19H23N3O2S/c1-13-3-5-15(6-4-13)17(23)18(24)21-19-20-16(12-25-19)11-22-9-7-14(2)8-10-22/h3-6,12,14H,7-11H2,1-2H3,(H,20,21,24). The van der Waals surface area contributed by atoms with Gasteiger partial charge in [-0.25, -0.2) is 4.98 Å². The lowest BCUT2D eigenvalue weighted by Gasteiger charge is -2.29. The van der Waals surface area contributed by atoms with Crippen molar-refractivity contribution in [1.82, 2.24) is 9.88 Å². The van der Waals surface area contributed by atoms with E-state index in [9.17, 15) is 9.59 Å². The van der Waals surface area contributed by atoms with Gasteiger partial charge in [-0.3, -0.25) is 19.8 Å². The fourth-order valence-corrected chi connectivity index (χ4v) is 3.57. The Morgan fingerprint density at radius 2 is 1.92 bits per heavy atom. The zero-order chi connectivity index (χ0) is 17.8.